The summed E-state index contributed by atoms with van der Waals surface area (Å²) in [5.74, 6) is 0. The van der Waals surface area contributed by atoms with Crippen molar-refractivity contribution in [1.29, 1.82) is 0 Å². The van der Waals surface area contributed by atoms with E-state index >= 15 is 0 Å². The highest BCUT2D eigenvalue weighted by Crippen LogP contribution is 2.42. The Hall–Kier alpha value is -2.05. The summed E-state index contributed by atoms with van der Waals surface area (Å²) < 4.78 is 38.7. The minimum absolute atomic E-state index is 0.0646. The number of nitrogens with zero attached hydrogens (tertiary/aromatic N) is 2. The van der Waals surface area contributed by atoms with Crippen LogP contribution in [0.2, 0.25) is 0 Å². The van der Waals surface area contributed by atoms with Gasteiger partial charge in [0.05, 0.1) is 5.69 Å². The molecule has 2 nitrogen and oxygen atoms in total. The van der Waals surface area contributed by atoms with Crippen molar-refractivity contribution in [3.05, 3.63) is 64.5 Å². The van der Waals surface area contributed by atoms with Crippen LogP contribution in [0.15, 0.2) is 47.0 Å². The summed E-state index contributed by atoms with van der Waals surface area (Å²) in [5, 5.41) is 0. The Morgan fingerprint density at radius 3 is 2.52 bits per heavy atom. The minimum Gasteiger partial charge on any atom is -0.306 e. The van der Waals surface area contributed by atoms with Gasteiger partial charge in [-0.15, -0.1) is 0 Å². The van der Waals surface area contributed by atoms with Crippen LogP contribution in [0.5, 0.6) is 0 Å². The molecule has 0 saturated carbocycles. The smallest absolute Gasteiger partial charge is 0.306 e. The number of piperidine rings is 1. The summed E-state index contributed by atoms with van der Waals surface area (Å²) in [5.41, 5.74) is 1.61. The molecule has 4 rings (SSSR count). The van der Waals surface area contributed by atoms with Gasteiger partial charge in [-0.25, -0.2) is 0 Å². The summed E-state index contributed by atoms with van der Waals surface area (Å²) in [4.78, 5) is 7.09. The highest BCUT2D eigenvalue weighted by Gasteiger charge is 2.30. The van der Waals surface area contributed by atoms with E-state index in [0.29, 0.717) is 0 Å². The fourth-order valence-corrected chi connectivity index (χ4v) is 4.24. The first-order valence-corrected chi connectivity index (χ1v) is 9.66. The maximum Gasteiger partial charge on any atom is 0.446 e. The molecule has 1 aliphatic carbocycles. The normalized spacial score (nSPS) is 17.5. The number of pyridine rings is 1. The number of hydrogen-bond acceptors (Lipinski definition) is 3. The first kappa shape index (κ1) is 18.3. The molecule has 2 aromatic rings. The van der Waals surface area contributed by atoms with E-state index in [1.165, 1.54) is 5.57 Å². The summed E-state index contributed by atoms with van der Waals surface area (Å²) in [6.07, 6.45) is 7.53. The number of fused-ring (bicyclic) bond motifs is 2. The van der Waals surface area contributed by atoms with Crippen LogP contribution in [-0.2, 0) is 0 Å². The molecule has 140 valence electrons. The average Bonchev–Trinajstić information content (AvgIpc) is 2.78. The molecule has 1 aliphatic heterocycles. The monoisotopic (exact) mass is 388 g/mol. The molecule has 1 aromatic carbocycles. The summed E-state index contributed by atoms with van der Waals surface area (Å²) in [7, 11) is 2.09. The maximum absolute atomic E-state index is 12.9. The third kappa shape index (κ3) is 3.96. The van der Waals surface area contributed by atoms with Gasteiger partial charge < -0.3 is 4.90 Å². The highest BCUT2D eigenvalue weighted by molar-refractivity contribution is 8.00. The summed E-state index contributed by atoms with van der Waals surface area (Å²) in [6.45, 7) is 1.89. The van der Waals surface area contributed by atoms with E-state index in [2.05, 4.69) is 16.9 Å². The van der Waals surface area contributed by atoms with Gasteiger partial charge in [0.1, 0.15) is 0 Å². The van der Waals surface area contributed by atoms with E-state index < -0.39 is 5.51 Å². The minimum atomic E-state index is -4.30. The van der Waals surface area contributed by atoms with Gasteiger partial charge in [-0.3, -0.25) is 4.98 Å². The molecule has 0 atom stereocenters. The van der Waals surface area contributed by atoms with Crippen LogP contribution in [0, 0.1) is 0 Å². The van der Waals surface area contributed by atoms with Crippen LogP contribution in [0.1, 0.15) is 35.2 Å². The van der Waals surface area contributed by atoms with Crippen LogP contribution >= 0.6 is 11.8 Å². The number of likely N-dealkylation sites (tertiary alicyclic amines) is 1. The molecule has 1 aromatic heterocycles. The Balaban J connectivity index is 1.90. The predicted molar refractivity (Wildman–Crippen MR) is 104 cm³/mol. The molecule has 0 radical (unpaired) electrons. The first-order chi connectivity index (χ1) is 12.9. The number of thioether (sulfide) groups is 1. The Bertz CT molecular complexity index is 921. The quantitative estimate of drug-likeness (QED) is 0.497. The van der Waals surface area contributed by atoms with E-state index in [1.54, 1.807) is 24.4 Å². The van der Waals surface area contributed by atoms with Crippen molar-refractivity contribution < 1.29 is 13.2 Å². The van der Waals surface area contributed by atoms with Crippen molar-refractivity contribution in [1.82, 2.24) is 9.88 Å². The number of alkyl halides is 3. The molecule has 2 heterocycles. The predicted octanol–water partition coefficient (Wildman–Crippen LogP) is 5.70. The van der Waals surface area contributed by atoms with Crippen molar-refractivity contribution in [3.63, 3.8) is 0 Å². The largest absolute Gasteiger partial charge is 0.446 e. The maximum atomic E-state index is 12.9. The van der Waals surface area contributed by atoms with Gasteiger partial charge in [-0.2, -0.15) is 13.2 Å². The van der Waals surface area contributed by atoms with Crippen molar-refractivity contribution in [3.8, 4) is 0 Å². The number of halogens is 3. The second-order valence-electron chi connectivity index (χ2n) is 6.85. The molecule has 6 heteroatoms. The van der Waals surface area contributed by atoms with Gasteiger partial charge in [0, 0.05) is 35.3 Å². The Labute approximate surface area is 160 Å². The Kier molecular flexibility index (Phi) is 4.86. The van der Waals surface area contributed by atoms with Crippen LogP contribution in [-0.4, -0.2) is 35.5 Å². The van der Waals surface area contributed by atoms with Gasteiger partial charge in [0.25, 0.3) is 0 Å². The molecular weight excluding hydrogens is 369 g/mol. The molecular formula is C21H19F3N2S. The van der Waals surface area contributed by atoms with Crippen molar-refractivity contribution in [2.45, 2.75) is 23.2 Å². The molecule has 2 aliphatic rings. The second-order valence-corrected chi connectivity index (χ2v) is 7.99. The first-order valence-electron chi connectivity index (χ1n) is 8.85. The van der Waals surface area contributed by atoms with Crippen LogP contribution in [0.3, 0.4) is 0 Å². The zero-order chi connectivity index (χ0) is 19.0. The molecule has 27 heavy (non-hydrogen) atoms. The Morgan fingerprint density at radius 2 is 1.78 bits per heavy atom. The second kappa shape index (κ2) is 7.17. The zero-order valence-electron chi connectivity index (χ0n) is 14.9. The molecule has 1 saturated heterocycles. The molecule has 1 fully saturated rings. The summed E-state index contributed by atoms with van der Waals surface area (Å²) in [6, 6.07) is 8.89. The Morgan fingerprint density at radius 1 is 1.04 bits per heavy atom. The van der Waals surface area contributed by atoms with Crippen LogP contribution in [0.4, 0.5) is 13.2 Å². The number of hydrogen-bond donors (Lipinski definition) is 0. The van der Waals surface area contributed by atoms with Crippen molar-refractivity contribution >= 4 is 29.5 Å². The molecule has 0 unspecified atom stereocenters. The van der Waals surface area contributed by atoms with Crippen molar-refractivity contribution in [2.24, 2.45) is 0 Å². The van der Waals surface area contributed by atoms with E-state index in [1.807, 2.05) is 24.3 Å². The van der Waals surface area contributed by atoms with Gasteiger partial charge in [-0.05, 0) is 61.0 Å². The molecule has 0 spiro atoms. The molecule has 0 amide bonds. The van der Waals surface area contributed by atoms with Gasteiger partial charge in [-0.1, -0.05) is 29.9 Å². The van der Waals surface area contributed by atoms with E-state index in [9.17, 15) is 13.2 Å². The number of rotatable bonds is 1. The lowest BCUT2D eigenvalue weighted by Gasteiger charge is -2.27. The lowest BCUT2D eigenvalue weighted by atomic mass is 9.88. The van der Waals surface area contributed by atoms with Gasteiger partial charge >= 0.3 is 5.51 Å². The van der Waals surface area contributed by atoms with E-state index in [4.69, 9.17) is 0 Å². The van der Waals surface area contributed by atoms with Crippen LogP contribution in [0.25, 0.3) is 17.7 Å². The van der Waals surface area contributed by atoms with Crippen LogP contribution < -0.4 is 0 Å². The van der Waals surface area contributed by atoms with E-state index in [-0.39, 0.29) is 16.7 Å². The van der Waals surface area contributed by atoms with Gasteiger partial charge in [0.15, 0.2) is 0 Å². The fraction of sp³-hybridized carbons (Fsp3) is 0.286. The third-order valence-electron chi connectivity index (χ3n) is 4.99. The zero-order valence-corrected chi connectivity index (χ0v) is 15.7. The molecule has 0 bridgehead atoms. The highest BCUT2D eigenvalue weighted by atomic mass is 32.2. The third-order valence-corrected chi connectivity index (χ3v) is 5.71. The lowest BCUT2D eigenvalue weighted by Crippen LogP contribution is -2.27. The summed E-state index contributed by atoms with van der Waals surface area (Å²) >= 11 is -0.0646. The van der Waals surface area contributed by atoms with Gasteiger partial charge in [0.2, 0.25) is 0 Å². The fourth-order valence-electron chi connectivity index (χ4n) is 3.66. The number of benzene rings is 1. The topological polar surface area (TPSA) is 16.1 Å². The van der Waals surface area contributed by atoms with Crippen molar-refractivity contribution in [2.75, 3.05) is 20.1 Å². The molecule has 0 N–H and O–H groups in total. The lowest BCUT2D eigenvalue weighted by molar-refractivity contribution is -0.0328. The average molecular weight is 388 g/mol. The SMILES string of the molecule is CN1CCC(=C2c3cc(SC(F)(F)F)ccc3C=Cc3cccnc32)CC1. The number of aromatic nitrogens is 1. The standard InChI is InChI=1S/C21H19F3N2S/c1-26-11-8-15(9-12-26)19-18-13-17(27-21(22,23)24)7-6-14(18)4-5-16-3-2-10-25-20(16)19/h2-7,10,13H,8-9,11-12H2,1H3. The van der Waals surface area contributed by atoms with E-state index in [0.717, 1.165) is 53.9 Å².